The van der Waals surface area contributed by atoms with Gasteiger partial charge in [-0.3, -0.25) is 0 Å². The van der Waals surface area contributed by atoms with Crippen LogP contribution in [0.4, 0.5) is 0 Å². The van der Waals surface area contributed by atoms with Gasteiger partial charge < -0.3 is 9.97 Å². The quantitative estimate of drug-likeness (QED) is 0.342. The summed E-state index contributed by atoms with van der Waals surface area (Å²) in [6.07, 6.45) is 4.30. The van der Waals surface area contributed by atoms with E-state index in [9.17, 15) is 0 Å². The summed E-state index contributed by atoms with van der Waals surface area (Å²) in [5, 5.41) is 2.52. The smallest absolute Gasteiger partial charge is 0.0457 e. The summed E-state index contributed by atoms with van der Waals surface area (Å²) < 4.78 is 1.09. The molecule has 3 aromatic carbocycles. The van der Waals surface area contributed by atoms with E-state index in [0.717, 1.165) is 9.99 Å². The van der Waals surface area contributed by atoms with E-state index in [4.69, 9.17) is 0 Å². The van der Waals surface area contributed by atoms with E-state index in [-0.39, 0.29) is 5.92 Å². The Bertz CT molecular complexity index is 1200. The van der Waals surface area contributed by atoms with E-state index in [1.54, 1.807) is 0 Å². The predicted molar refractivity (Wildman–Crippen MR) is 112 cm³/mol. The molecule has 0 aliphatic heterocycles. The first-order chi connectivity index (χ1) is 12.8. The fourth-order valence-electron chi connectivity index (χ4n) is 3.86. The molecule has 0 amide bonds. The van der Waals surface area contributed by atoms with Crippen LogP contribution in [0.3, 0.4) is 0 Å². The summed E-state index contributed by atoms with van der Waals surface area (Å²) in [5.41, 5.74) is 6.21. The van der Waals surface area contributed by atoms with Gasteiger partial charge in [-0.05, 0) is 41.0 Å². The lowest BCUT2D eigenvalue weighted by Gasteiger charge is -2.17. The van der Waals surface area contributed by atoms with Crippen molar-refractivity contribution in [3.8, 4) is 0 Å². The van der Waals surface area contributed by atoms with Gasteiger partial charge in [-0.2, -0.15) is 0 Å². The van der Waals surface area contributed by atoms with Crippen molar-refractivity contribution in [1.29, 1.82) is 0 Å². The number of H-pyrrole nitrogens is 2. The van der Waals surface area contributed by atoms with Crippen LogP contribution in [0.1, 0.15) is 22.6 Å². The first-order valence-electron chi connectivity index (χ1n) is 8.69. The third-order valence-corrected chi connectivity index (χ3v) is 5.55. The number of benzene rings is 3. The highest BCUT2D eigenvalue weighted by Crippen LogP contribution is 2.39. The molecule has 0 bridgehead atoms. The maximum atomic E-state index is 3.63. The Morgan fingerprint density at radius 1 is 0.654 bits per heavy atom. The summed E-state index contributed by atoms with van der Waals surface area (Å²) >= 11 is 3.63. The van der Waals surface area contributed by atoms with Crippen LogP contribution in [0.15, 0.2) is 89.7 Å². The molecule has 5 rings (SSSR count). The van der Waals surface area contributed by atoms with Crippen molar-refractivity contribution in [2.45, 2.75) is 5.92 Å². The maximum Gasteiger partial charge on any atom is 0.0457 e. The molecule has 1 atom stereocenters. The lowest BCUT2D eigenvalue weighted by molar-refractivity contribution is 0.998. The Morgan fingerprint density at radius 2 is 1.31 bits per heavy atom. The first kappa shape index (κ1) is 15.5. The predicted octanol–water partition coefficient (Wildman–Crippen LogP) is 6.59. The zero-order valence-corrected chi connectivity index (χ0v) is 15.6. The molecule has 0 spiro atoms. The molecule has 0 radical (unpaired) electrons. The fourth-order valence-corrected chi connectivity index (χ4v) is 4.22. The third kappa shape index (κ3) is 2.47. The van der Waals surface area contributed by atoms with Crippen molar-refractivity contribution in [2.24, 2.45) is 0 Å². The first-order valence-corrected chi connectivity index (χ1v) is 9.48. The van der Waals surface area contributed by atoms with Crippen molar-refractivity contribution in [3.63, 3.8) is 0 Å². The molecule has 0 aliphatic rings. The highest BCUT2D eigenvalue weighted by atomic mass is 79.9. The van der Waals surface area contributed by atoms with Crippen LogP contribution in [-0.4, -0.2) is 9.97 Å². The Kier molecular flexibility index (Phi) is 3.68. The molecule has 1 unspecified atom stereocenters. The molecule has 0 saturated carbocycles. The van der Waals surface area contributed by atoms with Crippen LogP contribution in [0, 0.1) is 0 Å². The molecule has 2 heterocycles. The van der Waals surface area contributed by atoms with Gasteiger partial charge >= 0.3 is 0 Å². The Hall–Kier alpha value is -2.78. The Balaban J connectivity index is 1.81. The van der Waals surface area contributed by atoms with E-state index in [1.807, 2.05) is 0 Å². The van der Waals surface area contributed by atoms with E-state index >= 15 is 0 Å². The molecule has 0 aliphatic carbocycles. The number of nitrogens with one attached hydrogen (secondary N) is 2. The minimum Gasteiger partial charge on any atom is -0.361 e. The second kappa shape index (κ2) is 6.19. The molecule has 0 saturated heterocycles. The Morgan fingerprint density at radius 3 is 2.12 bits per heavy atom. The standard InChI is InChI=1S/C23H17BrN2/c24-16-10-11-22-18(12-16)20(14-26-22)23(15-6-2-1-3-7-15)19-13-25-21-9-5-4-8-17(19)21/h1-14,23,25-26H. The van der Waals surface area contributed by atoms with Gasteiger partial charge in [0.15, 0.2) is 0 Å². The number of hydrogen-bond donors (Lipinski definition) is 2. The van der Waals surface area contributed by atoms with Crippen molar-refractivity contribution < 1.29 is 0 Å². The summed E-state index contributed by atoms with van der Waals surface area (Å²) in [4.78, 5) is 6.88. The molecule has 2 N–H and O–H groups in total. The van der Waals surface area contributed by atoms with Gasteiger partial charge in [-0.25, -0.2) is 0 Å². The van der Waals surface area contributed by atoms with Crippen LogP contribution in [0.5, 0.6) is 0 Å². The van der Waals surface area contributed by atoms with Gasteiger partial charge in [0.25, 0.3) is 0 Å². The van der Waals surface area contributed by atoms with Gasteiger partial charge in [0.2, 0.25) is 0 Å². The second-order valence-electron chi connectivity index (χ2n) is 6.57. The van der Waals surface area contributed by atoms with E-state index in [2.05, 4.69) is 111 Å². The summed E-state index contributed by atoms with van der Waals surface area (Å²) in [7, 11) is 0. The lowest BCUT2D eigenvalue weighted by atomic mass is 9.85. The maximum absolute atomic E-state index is 3.63. The molecular weight excluding hydrogens is 384 g/mol. The van der Waals surface area contributed by atoms with Gasteiger partial charge in [-0.1, -0.05) is 64.5 Å². The number of halogens is 1. The minimum atomic E-state index is 0.162. The summed E-state index contributed by atoms with van der Waals surface area (Å²) in [6, 6.07) is 25.6. The van der Waals surface area contributed by atoms with Gasteiger partial charge in [0, 0.05) is 44.6 Å². The van der Waals surface area contributed by atoms with Gasteiger partial charge in [0.1, 0.15) is 0 Å². The van der Waals surface area contributed by atoms with E-state index < -0.39 is 0 Å². The number of hydrogen-bond acceptors (Lipinski definition) is 0. The summed E-state index contributed by atoms with van der Waals surface area (Å²) in [5.74, 6) is 0.162. The van der Waals surface area contributed by atoms with Crippen molar-refractivity contribution >= 4 is 37.7 Å². The zero-order chi connectivity index (χ0) is 17.5. The average Bonchev–Trinajstić information content (AvgIpc) is 3.28. The van der Waals surface area contributed by atoms with Crippen LogP contribution in [0.2, 0.25) is 0 Å². The molecule has 3 heteroatoms. The number of aromatic amines is 2. The molecule has 5 aromatic rings. The molecule has 26 heavy (non-hydrogen) atoms. The van der Waals surface area contributed by atoms with Gasteiger partial charge in [-0.15, -0.1) is 0 Å². The van der Waals surface area contributed by atoms with Crippen LogP contribution in [-0.2, 0) is 0 Å². The Labute approximate surface area is 160 Å². The zero-order valence-electron chi connectivity index (χ0n) is 14.0. The van der Waals surface area contributed by atoms with E-state index in [1.165, 1.54) is 33.0 Å². The fraction of sp³-hybridized carbons (Fsp3) is 0.0435. The monoisotopic (exact) mass is 400 g/mol. The SMILES string of the molecule is Brc1ccc2[nH]cc(C(c3ccccc3)c3c[nH]c4ccccc34)c2c1. The second-order valence-corrected chi connectivity index (χ2v) is 7.48. The van der Waals surface area contributed by atoms with Crippen LogP contribution in [0.25, 0.3) is 21.8 Å². The number of rotatable bonds is 3. The number of fused-ring (bicyclic) bond motifs is 2. The van der Waals surface area contributed by atoms with Crippen LogP contribution >= 0.6 is 15.9 Å². The summed E-state index contributed by atoms with van der Waals surface area (Å²) in [6.45, 7) is 0. The third-order valence-electron chi connectivity index (χ3n) is 5.05. The van der Waals surface area contributed by atoms with E-state index in [0.29, 0.717) is 0 Å². The normalized spacial score (nSPS) is 12.7. The van der Waals surface area contributed by atoms with Gasteiger partial charge in [0.05, 0.1) is 0 Å². The van der Waals surface area contributed by atoms with Crippen molar-refractivity contribution in [2.75, 3.05) is 0 Å². The lowest BCUT2D eigenvalue weighted by Crippen LogP contribution is -2.02. The largest absolute Gasteiger partial charge is 0.361 e. The average molecular weight is 401 g/mol. The minimum absolute atomic E-state index is 0.162. The molecule has 0 fully saturated rings. The topological polar surface area (TPSA) is 31.6 Å². The number of aromatic nitrogens is 2. The molecular formula is C23H17BrN2. The van der Waals surface area contributed by atoms with Crippen molar-refractivity contribution in [3.05, 3.63) is 106 Å². The molecule has 126 valence electrons. The highest BCUT2D eigenvalue weighted by Gasteiger charge is 2.22. The molecule has 2 aromatic heterocycles. The highest BCUT2D eigenvalue weighted by molar-refractivity contribution is 9.10. The molecule has 2 nitrogen and oxygen atoms in total. The number of para-hydroxylation sites is 1. The van der Waals surface area contributed by atoms with Crippen molar-refractivity contribution in [1.82, 2.24) is 9.97 Å². The van der Waals surface area contributed by atoms with Crippen LogP contribution < -0.4 is 0 Å².